The Balaban J connectivity index is 2.21. The van der Waals surface area contributed by atoms with Crippen LogP contribution in [0.4, 0.5) is 24.5 Å². The number of nitrogen functional groups attached to an aromatic ring is 1. The molecule has 19 heavy (non-hydrogen) atoms. The smallest absolute Gasteiger partial charge is 0.396 e. The van der Waals surface area contributed by atoms with E-state index < -0.39 is 23.4 Å². The molecule has 2 rings (SSSR count). The molecule has 1 aromatic heterocycles. The summed E-state index contributed by atoms with van der Waals surface area (Å²) in [6.07, 6.45) is -3.49. The third kappa shape index (κ3) is 2.47. The van der Waals surface area contributed by atoms with Crippen molar-refractivity contribution in [3.63, 3.8) is 0 Å². The normalized spacial score (nSPS) is 25.8. The van der Waals surface area contributed by atoms with Gasteiger partial charge in [-0.15, -0.1) is 0 Å². The van der Waals surface area contributed by atoms with Gasteiger partial charge in [0.15, 0.2) is 0 Å². The predicted molar refractivity (Wildman–Crippen MR) is 65.5 cm³/mol. The number of aliphatic hydroxyl groups excluding tert-OH is 1. The van der Waals surface area contributed by atoms with E-state index in [4.69, 9.17) is 5.73 Å². The quantitative estimate of drug-likeness (QED) is 0.774. The molecule has 0 spiro atoms. The van der Waals surface area contributed by atoms with Gasteiger partial charge >= 0.3 is 6.18 Å². The van der Waals surface area contributed by atoms with Crippen LogP contribution in [0.25, 0.3) is 0 Å². The topological polar surface area (TPSA) is 71.2 Å². The average molecular weight is 275 g/mol. The lowest BCUT2D eigenvalue weighted by Crippen LogP contribution is -2.57. The van der Waals surface area contributed by atoms with E-state index in [1.807, 2.05) is 13.8 Å². The summed E-state index contributed by atoms with van der Waals surface area (Å²) in [7, 11) is 0. The third-order valence-electron chi connectivity index (χ3n) is 3.77. The van der Waals surface area contributed by atoms with Crippen LogP contribution in [0.1, 0.15) is 26.0 Å². The highest BCUT2D eigenvalue weighted by Gasteiger charge is 2.47. The Morgan fingerprint density at radius 3 is 2.58 bits per heavy atom. The Labute approximate surface area is 108 Å². The van der Waals surface area contributed by atoms with E-state index >= 15 is 0 Å². The molecule has 0 radical (unpaired) electrons. The molecular weight excluding hydrogens is 259 g/mol. The monoisotopic (exact) mass is 275 g/mol. The van der Waals surface area contributed by atoms with E-state index in [2.05, 4.69) is 10.3 Å². The van der Waals surface area contributed by atoms with Gasteiger partial charge in [-0.25, -0.2) is 4.98 Å². The number of hydrogen-bond donors (Lipinski definition) is 3. The Kier molecular flexibility index (Phi) is 3.12. The second-order valence-electron chi connectivity index (χ2n) is 5.42. The third-order valence-corrected chi connectivity index (χ3v) is 3.77. The summed E-state index contributed by atoms with van der Waals surface area (Å²) in [6, 6.07) is 0.782. The molecule has 4 nitrogen and oxygen atoms in total. The number of aromatic nitrogens is 1. The lowest BCUT2D eigenvalue weighted by Gasteiger charge is -2.50. The minimum atomic E-state index is -4.50. The number of nitrogens with zero attached hydrogens (tertiary/aromatic N) is 1. The van der Waals surface area contributed by atoms with Crippen molar-refractivity contribution in [3.8, 4) is 0 Å². The fraction of sp³-hybridized carbons (Fsp3) is 0.583. The van der Waals surface area contributed by atoms with Crippen LogP contribution in [0.3, 0.4) is 0 Å². The lowest BCUT2D eigenvalue weighted by atomic mass is 9.64. The highest BCUT2D eigenvalue weighted by Crippen LogP contribution is 2.43. The van der Waals surface area contributed by atoms with Gasteiger partial charge in [0, 0.05) is 11.5 Å². The van der Waals surface area contributed by atoms with Gasteiger partial charge in [0.25, 0.3) is 0 Å². The number of aliphatic hydroxyl groups is 1. The van der Waals surface area contributed by atoms with Crippen LogP contribution < -0.4 is 11.1 Å². The Hall–Kier alpha value is -1.50. The van der Waals surface area contributed by atoms with Gasteiger partial charge in [-0.2, -0.15) is 13.2 Å². The zero-order valence-corrected chi connectivity index (χ0v) is 10.6. The predicted octanol–water partition coefficient (Wildman–Crippen LogP) is 2.25. The van der Waals surface area contributed by atoms with Crippen molar-refractivity contribution in [1.29, 1.82) is 0 Å². The van der Waals surface area contributed by atoms with Gasteiger partial charge in [-0.05, 0) is 12.5 Å². The molecule has 7 heteroatoms. The molecular formula is C12H16F3N3O. The molecule has 2 unspecified atom stereocenters. The fourth-order valence-electron chi connectivity index (χ4n) is 2.08. The molecule has 0 aliphatic heterocycles. The van der Waals surface area contributed by atoms with Crippen molar-refractivity contribution in [1.82, 2.24) is 4.98 Å². The molecule has 0 amide bonds. The summed E-state index contributed by atoms with van der Waals surface area (Å²) in [5, 5.41) is 12.6. The van der Waals surface area contributed by atoms with Crippen molar-refractivity contribution in [2.75, 3.05) is 11.1 Å². The van der Waals surface area contributed by atoms with Gasteiger partial charge < -0.3 is 16.2 Å². The number of halogens is 3. The van der Waals surface area contributed by atoms with E-state index in [-0.39, 0.29) is 17.4 Å². The summed E-state index contributed by atoms with van der Waals surface area (Å²) >= 11 is 0. The van der Waals surface area contributed by atoms with Crippen LogP contribution in [0.2, 0.25) is 0 Å². The summed E-state index contributed by atoms with van der Waals surface area (Å²) in [4.78, 5) is 3.27. The van der Waals surface area contributed by atoms with Crippen molar-refractivity contribution in [3.05, 3.63) is 18.0 Å². The van der Waals surface area contributed by atoms with Crippen LogP contribution in [0, 0.1) is 5.41 Å². The molecule has 106 valence electrons. The minimum Gasteiger partial charge on any atom is -0.396 e. The Morgan fingerprint density at radius 1 is 1.47 bits per heavy atom. The van der Waals surface area contributed by atoms with Gasteiger partial charge in [0.2, 0.25) is 0 Å². The zero-order valence-electron chi connectivity index (χ0n) is 10.6. The molecule has 1 saturated carbocycles. The molecule has 1 heterocycles. The first-order chi connectivity index (χ1) is 8.62. The molecule has 0 bridgehead atoms. The van der Waals surface area contributed by atoms with Crippen molar-refractivity contribution >= 4 is 11.4 Å². The van der Waals surface area contributed by atoms with E-state index in [0.717, 1.165) is 12.3 Å². The first kappa shape index (κ1) is 13.9. The summed E-state index contributed by atoms with van der Waals surface area (Å²) in [5.41, 5.74) is 4.61. The van der Waals surface area contributed by atoms with Gasteiger partial charge in [-0.1, -0.05) is 13.8 Å². The minimum absolute atomic E-state index is 0.117. The maximum atomic E-state index is 12.6. The van der Waals surface area contributed by atoms with E-state index in [0.29, 0.717) is 6.42 Å². The first-order valence-electron chi connectivity index (χ1n) is 5.89. The van der Waals surface area contributed by atoms with Crippen LogP contribution in [0.15, 0.2) is 12.3 Å². The fourth-order valence-corrected chi connectivity index (χ4v) is 2.08. The van der Waals surface area contributed by atoms with Crippen LogP contribution in [0.5, 0.6) is 0 Å². The van der Waals surface area contributed by atoms with Crippen LogP contribution >= 0.6 is 0 Å². The largest absolute Gasteiger partial charge is 0.433 e. The summed E-state index contributed by atoms with van der Waals surface area (Å²) in [6.45, 7) is 3.70. The number of alkyl halides is 3. The molecule has 1 fully saturated rings. The average Bonchev–Trinajstić information content (AvgIpc) is 2.29. The highest BCUT2D eigenvalue weighted by atomic mass is 19.4. The molecule has 1 aliphatic carbocycles. The van der Waals surface area contributed by atoms with E-state index in [1.165, 1.54) is 0 Å². The standard InChI is InChI=1S/C12H16F3N3O/c1-11(2)8(4-10(11)19)18-7-3-9(12(13,14)15)17-5-6(7)16/h3,5,8,10,19H,4,16H2,1-2H3,(H,17,18). The maximum Gasteiger partial charge on any atom is 0.433 e. The van der Waals surface area contributed by atoms with E-state index in [1.54, 1.807) is 0 Å². The van der Waals surface area contributed by atoms with Gasteiger partial charge in [-0.3, -0.25) is 0 Å². The van der Waals surface area contributed by atoms with E-state index in [9.17, 15) is 18.3 Å². The molecule has 4 N–H and O–H groups in total. The first-order valence-corrected chi connectivity index (χ1v) is 5.89. The van der Waals surface area contributed by atoms with Crippen LogP contribution in [-0.4, -0.2) is 22.2 Å². The van der Waals surface area contributed by atoms with Crippen molar-refractivity contribution in [2.45, 2.75) is 38.6 Å². The Bertz CT molecular complexity index is 488. The second-order valence-corrected chi connectivity index (χ2v) is 5.42. The van der Waals surface area contributed by atoms with Crippen molar-refractivity contribution in [2.24, 2.45) is 5.41 Å². The molecule has 2 atom stereocenters. The van der Waals surface area contributed by atoms with Crippen LogP contribution in [-0.2, 0) is 6.18 Å². The Morgan fingerprint density at radius 2 is 2.11 bits per heavy atom. The number of pyridine rings is 1. The second kappa shape index (κ2) is 4.26. The molecule has 0 saturated heterocycles. The van der Waals surface area contributed by atoms with Crippen molar-refractivity contribution < 1.29 is 18.3 Å². The summed E-state index contributed by atoms with van der Waals surface area (Å²) < 4.78 is 37.7. The molecule has 0 aromatic carbocycles. The van der Waals surface area contributed by atoms with Gasteiger partial charge in [0.1, 0.15) is 5.69 Å². The molecule has 1 aromatic rings. The maximum absolute atomic E-state index is 12.6. The zero-order chi connectivity index (χ0) is 14.4. The van der Waals surface area contributed by atoms with Gasteiger partial charge in [0.05, 0.1) is 23.7 Å². The molecule has 1 aliphatic rings. The number of hydrogen-bond acceptors (Lipinski definition) is 4. The lowest BCUT2D eigenvalue weighted by molar-refractivity contribution is -0.141. The number of rotatable bonds is 2. The number of anilines is 2. The number of nitrogens with two attached hydrogens (primary N) is 1. The SMILES string of the molecule is CC1(C)C(O)CC1Nc1cc(C(F)(F)F)ncc1N. The summed E-state index contributed by atoms with van der Waals surface area (Å²) in [5.74, 6) is 0. The number of nitrogens with one attached hydrogen (secondary N) is 1. The highest BCUT2D eigenvalue weighted by molar-refractivity contribution is 5.66.